The molecule has 32 heavy (non-hydrogen) atoms. The third kappa shape index (κ3) is 3.54. The lowest BCUT2D eigenvalue weighted by molar-refractivity contribution is -0.135. The smallest absolute Gasteiger partial charge is 0.323 e. The molecule has 2 aliphatic carbocycles. The molecule has 8 nitrogen and oxygen atoms in total. The van der Waals surface area contributed by atoms with Crippen molar-refractivity contribution in [1.82, 2.24) is 19.4 Å². The van der Waals surface area contributed by atoms with E-state index in [4.69, 9.17) is 0 Å². The number of fused-ring (bicyclic) bond motifs is 1. The first-order chi connectivity index (χ1) is 15.3. The predicted molar refractivity (Wildman–Crippen MR) is 119 cm³/mol. The molecule has 0 unspecified atom stereocenters. The molecule has 1 aromatic carbocycles. The number of carbonyl (C=O) groups is 2. The number of nitrogens with one attached hydrogen (secondary N) is 1. The molecule has 4 aliphatic rings. The maximum atomic E-state index is 13.2. The van der Waals surface area contributed by atoms with Gasteiger partial charge in [0.1, 0.15) is 5.54 Å². The molecule has 0 aromatic heterocycles. The van der Waals surface area contributed by atoms with Gasteiger partial charge in [0.25, 0.3) is 5.91 Å². The number of hydrogen-bond donors (Lipinski definition) is 1. The van der Waals surface area contributed by atoms with Crippen LogP contribution < -0.4 is 5.32 Å². The Bertz CT molecular complexity index is 1030. The van der Waals surface area contributed by atoms with Gasteiger partial charge in [-0.3, -0.25) is 9.69 Å². The molecule has 1 spiro atoms. The second kappa shape index (κ2) is 8.11. The Balaban J connectivity index is 1.22. The summed E-state index contributed by atoms with van der Waals surface area (Å²) in [6.45, 7) is 3.94. The number of nitrogens with zero attached hydrogens (tertiary/aromatic N) is 3. The van der Waals surface area contributed by atoms with Crippen molar-refractivity contribution in [3.8, 4) is 0 Å². The van der Waals surface area contributed by atoms with Crippen LogP contribution in [-0.2, 0) is 27.7 Å². The summed E-state index contributed by atoms with van der Waals surface area (Å²) < 4.78 is 27.8. The molecule has 174 valence electrons. The van der Waals surface area contributed by atoms with E-state index < -0.39 is 15.6 Å². The summed E-state index contributed by atoms with van der Waals surface area (Å²) in [5.74, 6) is 0.00917. The lowest BCUT2D eigenvalue weighted by atomic mass is 9.73. The Hall–Kier alpha value is -1.97. The van der Waals surface area contributed by atoms with Gasteiger partial charge in [0, 0.05) is 26.2 Å². The van der Waals surface area contributed by atoms with Crippen molar-refractivity contribution in [1.29, 1.82) is 0 Å². The number of benzene rings is 1. The van der Waals surface area contributed by atoms with E-state index in [-0.39, 0.29) is 24.5 Å². The number of imide groups is 1. The van der Waals surface area contributed by atoms with Crippen LogP contribution in [0.15, 0.2) is 23.1 Å². The highest BCUT2D eigenvalue weighted by Gasteiger charge is 2.55. The van der Waals surface area contributed by atoms with Crippen molar-refractivity contribution >= 4 is 22.0 Å². The van der Waals surface area contributed by atoms with Crippen LogP contribution >= 0.6 is 0 Å². The highest BCUT2D eigenvalue weighted by atomic mass is 32.2. The maximum absolute atomic E-state index is 13.2. The minimum atomic E-state index is -3.54. The van der Waals surface area contributed by atoms with Crippen LogP contribution in [-0.4, -0.2) is 72.8 Å². The second-order valence-corrected chi connectivity index (χ2v) is 11.7. The van der Waals surface area contributed by atoms with Crippen molar-refractivity contribution in [2.75, 3.05) is 32.8 Å². The molecule has 3 amide bonds. The summed E-state index contributed by atoms with van der Waals surface area (Å²) in [6, 6.07) is 5.19. The third-order valence-electron chi connectivity index (χ3n) is 7.88. The van der Waals surface area contributed by atoms with Crippen molar-refractivity contribution in [2.45, 2.75) is 62.3 Å². The van der Waals surface area contributed by atoms with Crippen LogP contribution in [0.2, 0.25) is 0 Å². The molecule has 0 bridgehead atoms. The van der Waals surface area contributed by atoms with Crippen molar-refractivity contribution in [2.24, 2.45) is 5.92 Å². The first-order valence-corrected chi connectivity index (χ1v) is 13.2. The van der Waals surface area contributed by atoms with E-state index >= 15 is 0 Å². The molecule has 9 heteroatoms. The fourth-order valence-electron chi connectivity index (χ4n) is 5.79. The predicted octanol–water partition coefficient (Wildman–Crippen LogP) is 1.94. The van der Waals surface area contributed by atoms with E-state index in [1.54, 1.807) is 6.07 Å². The number of aryl methyl sites for hydroxylation is 2. The summed E-state index contributed by atoms with van der Waals surface area (Å²) in [7, 11) is -3.54. The first-order valence-electron chi connectivity index (χ1n) is 11.8. The van der Waals surface area contributed by atoms with Crippen molar-refractivity contribution in [3.05, 3.63) is 29.3 Å². The fraction of sp³-hybridized carbons (Fsp3) is 0.652. The van der Waals surface area contributed by atoms with E-state index in [0.717, 1.165) is 44.1 Å². The number of carbonyl (C=O) groups excluding carboxylic acids is 2. The van der Waals surface area contributed by atoms with Crippen LogP contribution in [0.3, 0.4) is 0 Å². The SMILES string of the molecule is C[C@@H]1CCCC[C@@]12NC(=O)N(CN1CCN(S(=O)(=O)c3ccc4c(c3)CCC4)CC1)C2=O. The standard InChI is InChI=1S/C23H32N4O4S/c1-17-5-2-3-10-23(17)21(28)27(22(29)24-23)16-25-11-13-26(14-12-25)32(30,31)20-9-8-18-6-4-7-19(18)15-20/h8-9,15,17H,2-7,10-14,16H2,1H3,(H,24,29)/t17-,23-/m1/s1. The molecule has 1 N–H and O–H groups in total. The quantitative estimate of drug-likeness (QED) is 0.694. The summed E-state index contributed by atoms with van der Waals surface area (Å²) in [5.41, 5.74) is 1.65. The summed E-state index contributed by atoms with van der Waals surface area (Å²) in [6.07, 6.45) is 6.73. The fourth-order valence-corrected chi connectivity index (χ4v) is 7.27. The number of hydrogen-bond acceptors (Lipinski definition) is 5. The molecule has 3 fully saturated rings. The number of amides is 3. The topological polar surface area (TPSA) is 90.0 Å². The highest BCUT2D eigenvalue weighted by Crippen LogP contribution is 2.38. The molecular weight excluding hydrogens is 428 g/mol. The van der Waals surface area contributed by atoms with Gasteiger partial charge < -0.3 is 5.32 Å². The molecule has 2 aliphatic heterocycles. The molecule has 0 radical (unpaired) electrons. The van der Waals surface area contributed by atoms with Gasteiger partial charge in [0.2, 0.25) is 10.0 Å². The van der Waals surface area contributed by atoms with Crippen LogP contribution in [0.1, 0.15) is 50.2 Å². The number of sulfonamides is 1. The van der Waals surface area contributed by atoms with Crippen molar-refractivity contribution in [3.63, 3.8) is 0 Å². The number of rotatable bonds is 4. The lowest BCUT2D eigenvalue weighted by Crippen LogP contribution is -2.55. The highest BCUT2D eigenvalue weighted by molar-refractivity contribution is 7.89. The average Bonchev–Trinajstić information content (AvgIpc) is 3.35. The molecule has 2 atom stereocenters. The first kappa shape index (κ1) is 21.9. The second-order valence-electron chi connectivity index (χ2n) is 9.73. The summed E-state index contributed by atoms with van der Waals surface area (Å²) in [4.78, 5) is 29.5. The zero-order valence-corrected chi connectivity index (χ0v) is 19.5. The molecule has 2 saturated heterocycles. The zero-order valence-electron chi connectivity index (χ0n) is 18.7. The van der Waals surface area contributed by atoms with Gasteiger partial charge in [0.05, 0.1) is 11.6 Å². The number of urea groups is 1. The normalized spacial score (nSPS) is 29.5. The Morgan fingerprint density at radius 1 is 1.03 bits per heavy atom. The summed E-state index contributed by atoms with van der Waals surface area (Å²) in [5, 5.41) is 2.99. The van der Waals surface area contributed by atoms with E-state index in [1.165, 1.54) is 14.8 Å². The Kier molecular flexibility index (Phi) is 5.54. The van der Waals surface area contributed by atoms with Crippen LogP contribution in [0.5, 0.6) is 0 Å². The van der Waals surface area contributed by atoms with E-state index in [0.29, 0.717) is 37.5 Å². The third-order valence-corrected chi connectivity index (χ3v) is 9.78. The zero-order chi connectivity index (χ0) is 22.5. The average molecular weight is 461 g/mol. The minimum absolute atomic E-state index is 0.122. The van der Waals surface area contributed by atoms with E-state index in [1.807, 2.05) is 24.0 Å². The van der Waals surface area contributed by atoms with Gasteiger partial charge >= 0.3 is 6.03 Å². The van der Waals surface area contributed by atoms with Gasteiger partial charge in [-0.05, 0) is 61.3 Å². The van der Waals surface area contributed by atoms with E-state index in [9.17, 15) is 18.0 Å². The number of piperazine rings is 1. The Labute approximate surface area is 190 Å². The molecule has 1 saturated carbocycles. The minimum Gasteiger partial charge on any atom is -0.323 e. The molecule has 1 aromatic rings. The van der Waals surface area contributed by atoms with Gasteiger partial charge in [-0.1, -0.05) is 25.8 Å². The summed E-state index contributed by atoms with van der Waals surface area (Å²) >= 11 is 0. The molecule has 5 rings (SSSR count). The monoisotopic (exact) mass is 460 g/mol. The van der Waals surface area contributed by atoms with E-state index in [2.05, 4.69) is 5.32 Å². The van der Waals surface area contributed by atoms with Gasteiger partial charge in [0.15, 0.2) is 0 Å². The van der Waals surface area contributed by atoms with Gasteiger partial charge in [-0.25, -0.2) is 18.1 Å². The van der Waals surface area contributed by atoms with Gasteiger partial charge in [-0.2, -0.15) is 4.31 Å². The Morgan fingerprint density at radius 2 is 1.78 bits per heavy atom. The largest absolute Gasteiger partial charge is 0.326 e. The van der Waals surface area contributed by atoms with Crippen LogP contribution in [0.25, 0.3) is 0 Å². The van der Waals surface area contributed by atoms with Crippen molar-refractivity contribution < 1.29 is 18.0 Å². The van der Waals surface area contributed by atoms with Crippen LogP contribution in [0.4, 0.5) is 4.79 Å². The maximum Gasteiger partial charge on any atom is 0.326 e. The molecule has 2 heterocycles. The Morgan fingerprint density at radius 3 is 2.53 bits per heavy atom. The van der Waals surface area contributed by atoms with Gasteiger partial charge in [-0.15, -0.1) is 0 Å². The molecular formula is C23H32N4O4S. The lowest BCUT2D eigenvalue weighted by Gasteiger charge is -2.38. The van der Waals surface area contributed by atoms with Crippen LogP contribution in [0, 0.1) is 5.92 Å².